The average Bonchev–Trinajstić information content (AvgIpc) is 2.90. The molecule has 3 heteroatoms. The Bertz CT molecular complexity index is 424. The summed E-state index contributed by atoms with van der Waals surface area (Å²) in [4.78, 5) is 11.5. The average molecular weight is 204 g/mol. The maximum absolute atomic E-state index is 11.5. The maximum Gasteiger partial charge on any atom is 0.339 e. The molecule has 0 aromatic heterocycles. The third-order valence-electron chi connectivity index (χ3n) is 3.28. The molecule has 3 nitrogen and oxygen atoms in total. The van der Waals surface area contributed by atoms with Crippen LogP contribution in [0.2, 0.25) is 0 Å². The summed E-state index contributed by atoms with van der Waals surface area (Å²) >= 11 is 0. The number of hydrogen-bond acceptors (Lipinski definition) is 3. The number of rotatable bonds is 1. The van der Waals surface area contributed by atoms with Gasteiger partial charge >= 0.3 is 5.97 Å². The zero-order chi connectivity index (χ0) is 10.7. The molecular formula is C12H12O3. The quantitative estimate of drug-likeness (QED) is 0.515. The van der Waals surface area contributed by atoms with Gasteiger partial charge in [0.1, 0.15) is 5.60 Å². The maximum atomic E-state index is 11.5. The predicted octanol–water partition coefficient (Wildman–Crippen LogP) is 1.62. The van der Waals surface area contributed by atoms with Gasteiger partial charge in [0.15, 0.2) is 11.7 Å². The second-order valence-corrected chi connectivity index (χ2v) is 4.53. The number of esters is 1. The molecule has 78 valence electrons. The Morgan fingerprint density at radius 3 is 2.33 bits per heavy atom. The number of hydrogen-bond donors (Lipinski definition) is 0. The number of cyclic esters (lactones) is 1. The van der Waals surface area contributed by atoms with Crippen molar-refractivity contribution in [3.8, 4) is 0 Å². The smallest absolute Gasteiger partial charge is 0.339 e. The van der Waals surface area contributed by atoms with Crippen molar-refractivity contribution < 1.29 is 14.3 Å². The van der Waals surface area contributed by atoms with Crippen molar-refractivity contribution in [1.82, 2.24) is 0 Å². The summed E-state index contributed by atoms with van der Waals surface area (Å²) in [6.07, 6.45) is -0.408. The Kier molecular flexibility index (Phi) is 1.44. The zero-order valence-corrected chi connectivity index (χ0v) is 8.69. The van der Waals surface area contributed by atoms with Gasteiger partial charge in [-0.3, -0.25) is 0 Å². The topological polar surface area (TPSA) is 38.8 Å². The molecule has 0 spiro atoms. The lowest BCUT2D eigenvalue weighted by Crippen LogP contribution is -2.36. The van der Waals surface area contributed by atoms with Gasteiger partial charge < -0.3 is 9.47 Å². The molecule has 2 heterocycles. The highest BCUT2D eigenvalue weighted by Crippen LogP contribution is 2.60. The van der Waals surface area contributed by atoms with Gasteiger partial charge in [0.25, 0.3) is 0 Å². The number of carbonyl (C=O) groups is 1. The summed E-state index contributed by atoms with van der Waals surface area (Å²) in [6, 6.07) is 9.79. The summed E-state index contributed by atoms with van der Waals surface area (Å²) in [5, 5.41) is 0. The van der Waals surface area contributed by atoms with Gasteiger partial charge in [-0.25, -0.2) is 4.79 Å². The first kappa shape index (κ1) is 8.92. The standard InChI is InChI=1S/C12H12O3/c1-11(2)12(8-6-4-3-5-7-8)9(14-12)10(13)15-11/h3-7,9H,1-2H3/t9-,12+/m1/s1. The van der Waals surface area contributed by atoms with E-state index in [1.54, 1.807) is 0 Å². The highest BCUT2D eigenvalue weighted by atomic mass is 16.7. The van der Waals surface area contributed by atoms with E-state index in [2.05, 4.69) is 0 Å². The van der Waals surface area contributed by atoms with Gasteiger partial charge in [-0.2, -0.15) is 0 Å². The van der Waals surface area contributed by atoms with Gasteiger partial charge in [0, 0.05) is 0 Å². The molecule has 15 heavy (non-hydrogen) atoms. The first-order chi connectivity index (χ1) is 7.08. The van der Waals surface area contributed by atoms with Crippen molar-refractivity contribution in [1.29, 1.82) is 0 Å². The Labute approximate surface area is 88.0 Å². The van der Waals surface area contributed by atoms with E-state index in [0.717, 1.165) is 5.56 Å². The molecule has 0 amide bonds. The minimum Gasteiger partial charge on any atom is -0.454 e. The van der Waals surface area contributed by atoms with E-state index in [9.17, 15) is 4.79 Å². The van der Waals surface area contributed by atoms with Crippen LogP contribution in [-0.2, 0) is 19.9 Å². The summed E-state index contributed by atoms with van der Waals surface area (Å²) in [6.45, 7) is 3.79. The van der Waals surface area contributed by atoms with Crippen molar-refractivity contribution in [2.75, 3.05) is 0 Å². The van der Waals surface area contributed by atoms with Gasteiger partial charge in [-0.15, -0.1) is 0 Å². The molecular weight excluding hydrogens is 192 g/mol. The molecule has 0 radical (unpaired) electrons. The Morgan fingerprint density at radius 2 is 1.87 bits per heavy atom. The molecule has 2 aliphatic rings. The van der Waals surface area contributed by atoms with Crippen molar-refractivity contribution in [2.24, 2.45) is 0 Å². The monoisotopic (exact) mass is 204 g/mol. The second kappa shape index (κ2) is 2.42. The van der Waals surface area contributed by atoms with Crippen LogP contribution in [0.3, 0.4) is 0 Å². The molecule has 2 aliphatic heterocycles. The molecule has 0 saturated carbocycles. The third kappa shape index (κ3) is 0.913. The molecule has 2 atom stereocenters. The van der Waals surface area contributed by atoms with E-state index < -0.39 is 17.3 Å². The number of benzene rings is 1. The van der Waals surface area contributed by atoms with Crippen molar-refractivity contribution in [3.05, 3.63) is 35.9 Å². The summed E-state index contributed by atoms with van der Waals surface area (Å²) in [5.74, 6) is -0.246. The summed E-state index contributed by atoms with van der Waals surface area (Å²) in [5.41, 5.74) is -0.104. The molecule has 0 unspecified atom stereocenters. The van der Waals surface area contributed by atoms with Crippen molar-refractivity contribution >= 4 is 5.97 Å². The first-order valence-corrected chi connectivity index (χ1v) is 5.04. The lowest BCUT2D eigenvalue weighted by molar-refractivity contribution is -0.160. The lowest BCUT2D eigenvalue weighted by atomic mass is 9.83. The van der Waals surface area contributed by atoms with Crippen LogP contribution in [0.4, 0.5) is 0 Å². The fourth-order valence-corrected chi connectivity index (χ4v) is 2.46. The van der Waals surface area contributed by atoms with Gasteiger partial charge in [-0.1, -0.05) is 30.3 Å². The number of ether oxygens (including phenoxy) is 2. The highest BCUT2D eigenvalue weighted by Gasteiger charge is 2.77. The van der Waals surface area contributed by atoms with E-state index in [1.165, 1.54) is 0 Å². The fraction of sp³-hybridized carbons (Fsp3) is 0.417. The highest BCUT2D eigenvalue weighted by molar-refractivity contribution is 5.84. The number of epoxide rings is 1. The normalized spacial score (nSPS) is 35.9. The van der Waals surface area contributed by atoms with Crippen LogP contribution in [0.5, 0.6) is 0 Å². The van der Waals surface area contributed by atoms with Crippen LogP contribution >= 0.6 is 0 Å². The molecule has 0 bridgehead atoms. The molecule has 1 aromatic carbocycles. The van der Waals surface area contributed by atoms with Crippen LogP contribution in [0.1, 0.15) is 19.4 Å². The van der Waals surface area contributed by atoms with Crippen molar-refractivity contribution in [2.45, 2.75) is 31.2 Å². The molecule has 3 rings (SSSR count). The third-order valence-corrected chi connectivity index (χ3v) is 3.28. The number of carbonyl (C=O) groups excluding carboxylic acids is 1. The van der Waals surface area contributed by atoms with E-state index in [4.69, 9.17) is 9.47 Å². The van der Waals surface area contributed by atoms with Crippen LogP contribution in [0.25, 0.3) is 0 Å². The Balaban J connectivity index is 2.11. The second-order valence-electron chi connectivity index (χ2n) is 4.53. The molecule has 1 aromatic rings. The Hall–Kier alpha value is -1.35. The van der Waals surface area contributed by atoms with Crippen LogP contribution in [-0.4, -0.2) is 17.7 Å². The minimum atomic E-state index is -0.573. The van der Waals surface area contributed by atoms with Crippen LogP contribution in [0, 0.1) is 0 Å². The largest absolute Gasteiger partial charge is 0.454 e. The molecule has 0 N–H and O–H groups in total. The van der Waals surface area contributed by atoms with Crippen LogP contribution < -0.4 is 0 Å². The van der Waals surface area contributed by atoms with Gasteiger partial charge in [0.2, 0.25) is 0 Å². The van der Waals surface area contributed by atoms with Gasteiger partial charge in [-0.05, 0) is 19.4 Å². The first-order valence-electron chi connectivity index (χ1n) is 5.04. The Morgan fingerprint density at radius 1 is 1.20 bits per heavy atom. The molecule has 2 saturated heterocycles. The molecule has 0 aliphatic carbocycles. The predicted molar refractivity (Wildman–Crippen MR) is 53.2 cm³/mol. The van der Waals surface area contributed by atoms with E-state index in [0.29, 0.717) is 0 Å². The zero-order valence-electron chi connectivity index (χ0n) is 8.69. The summed E-state index contributed by atoms with van der Waals surface area (Å²) < 4.78 is 10.9. The van der Waals surface area contributed by atoms with Crippen molar-refractivity contribution in [3.63, 3.8) is 0 Å². The molecule has 2 fully saturated rings. The SMILES string of the molecule is CC1(C)OC(=O)[C@H]2O[C@@]21c1ccccc1. The van der Waals surface area contributed by atoms with E-state index in [1.807, 2.05) is 44.2 Å². The summed E-state index contributed by atoms with van der Waals surface area (Å²) in [7, 11) is 0. The lowest BCUT2D eigenvalue weighted by Gasteiger charge is -2.27. The fourth-order valence-electron chi connectivity index (χ4n) is 2.46. The van der Waals surface area contributed by atoms with E-state index in [-0.39, 0.29) is 5.97 Å². The van der Waals surface area contributed by atoms with Gasteiger partial charge in [0.05, 0.1) is 0 Å². The minimum absolute atomic E-state index is 0.246. The van der Waals surface area contributed by atoms with E-state index >= 15 is 0 Å². The number of fused-ring (bicyclic) bond motifs is 1. The van der Waals surface area contributed by atoms with Crippen LogP contribution in [0.15, 0.2) is 30.3 Å².